The van der Waals surface area contributed by atoms with Crippen LogP contribution in [0.4, 0.5) is 0 Å². The Balaban J connectivity index is 2.03. The van der Waals surface area contributed by atoms with Crippen LogP contribution in [0.1, 0.15) is 13.3 Å². The molecule has 2 saturated heterocycles. The Morgan fingerprint density at radius 3 is 2.81 bits per heavy atom. The molecule has 0 saturated carbocycles. The summed E-state index contributed by atoms with van der Waals surface area (Å²) in [5, 5.41) is 12.4. The summed E-state index contributed by atoms with van der Waals surface area (Å²) in [5.41, 5.74) is 0. The predicted octanol–water partition coefficient (Wildman–Crippen LogP) is -0.563. The molecule has 0 aromatic rings. The molecule has 2 rings (SSSR count). The molecule has 16 heavy (non-hydrogen) atoms. The number of likely N-dealkylation sites (tertiary alicyclic amines) is 1. The molecule has 0 bridgehead atoms. The van der Waals surface area contributed by atoms with Crippen LogP contribution in [-0.2, 0) is 4.79 Å². The minimum absolute atomic E-state index is 0.350. The minimum atomic E-state index is -0.700. The topological polar surface area (TPSA) is 55.8 Å². The molecular weight excluding hydrogens is 206 g/mol. The summed E-state index contributed by atoms with van der Waals surface area (Å²) < 4.78 is 0. The van der Waals surface area contributed by atoms with E-state index in [2.05, 4.69) is 29.1 Å². The van der Waals surface area contributed by atoms with E-state index >= 15 is 0 Å². The Labute approximate surface area is 96.4 Å². The quantitative estimate of drug-likeness (QED) is 0.662. The third-order valence-corrected chi connectivity index (χ3v) is 3.90. The van der Waals surface area contributed by atoms with Crippen LogP contribution in [0.25, 0.3) is 0 Å². The van der Waals surface area contributed by atoms with Gasteiger partial charge in [0.15, 0.2) is 0 Å². The van der Waals surface area contributed by atoms with Crippen LogP contribution in [-0.4, -0.2) is 72.2 Å². The number of hydrogen-bond donors (Lipinski definition) is 2. The number of carboxylic acid groups (broad SMARTS) is 1. The summed E-state index contributed by atoms with van der Waals surface area (Å²) in [4.78, 5) is 15.7. The highest BCUT2D eigenvalue weighted by Crippen LogP contribution is 2.22. The van der Waals surface area contributed by atoms with Crippen molar-refractivity contribution in [2.24, 2.45) is 0 Å². The fourth-order valence-corrected chi connectivity index (χ4v) is 2.79. The zero-order valence-electron chi connectivity index (χ0n) is 10.0. The first-order valence-electron chi connectivity index (χ1n) is 5.99. The van der Waals surface area contributed by atoms with Crippen LogP contribution < -0.4 is 5.32 Å². The number of hydrogen-bond acceptors (Lipinski definition) is 4. The monoisotopic (exact) mass is 227 g/mol. The highest BCUT2D eigenvalue weighted by atomic mass is 16.4. The molecule has 3 atom stereocenters. The Morgan fingerprint density at radius 2 is 2.25 bits per heavy atom. The highest BCUT2D eigenvalue weighted by Gasteiger charge is 2.38. The van der Waals surface area contributed by atoms with Gasteiger partial charge in [-0.3, -0.25) is 9.69 Å². The number of rotatable bonds is 2. The summed E-state index contributed by atoms with van der Waals surface area (Å²) >= 11 is 0. The molecule has 2 N–H and O–H groups in total. The number of likely N-dealkylation sites (N-methyl/N-ethyl adjacent to an activating group) is 1. The van der Waals surface area contributed by atoms with E-state index < -0.39 is 5.97 Å². The standard InChI is InChI=1S/C11H21N3O2/c1-8-5-9(7-13(8)2)14-4-3-12-6-10(14)11(15)16/h8-10,12H,3-7H2,1-2H3,(H,15,16). The van der Waals surface area contributed by atoms with Crippen molar-refractivity contribution < 1.29 is 9.90 Å². The first-order chi connectivity index (χ1) is 7.59. The van der Waals surface area contributed by atoms with Crippen LogP contribution in [0, 0.1) is 0 Å². The largest absolute Gasteiger partial charge is 0.480 e. The van der Waals surface area contributed by atoms with E-state index in [0.717, 1.165) is 26.1 Å². The minimum Gasteiger partial charge on any atom is -0.480 e. The van der Waals surface area contributed by atoms with Gasteiger partial charge in [-0.25, -0.2) is 0 Å². The maximum Gasteiger partial charge on any atom is 0.322 e. The second-order valence-corrected chi connectivity index (χ2v) is 4.97. The molecule has 5 heteroatoms. The van der Waals surface area contributed by atoms with Gasteiger partial charge >= 0.3 is 5.97 Å². The Hall–Kier alpha value is -0.650. The second kappa shape index (κ2) is 4.69. The van der Waals surface area contributed by atoms with Crippen LogP contribution in [0.2, 0.25) is 0 Å². The number of carboxylic acids is 1. The van der Waals surface area contributed by atoms with Gasteiger partial charge in [-0.05, 0) is 20.4 Å². The first kappa shape index (κ1) is 11.8. The lowest BCUT2D eigenvalue weighted by molar-refractivity contribution is -0.145. The average Bonchev–Trinajstić information content (AvgIpc) is 2.59. The van der Waals surface area contributed by atoms with Gasteiger partial charge in [-0.1, -0.05) is 0 Å². The molecule has 92 valence electrons. The SMILES string of the molecule is CC1CC(N2CCNCC2C(=O)O)CN1C. The summed E-state index contributed by atoms with van der Waals surface area (Å²) in [6.07, 6.45) is 1.08. The number of aliphatic carboxylic acids is 1. The number of nitrogens with one attached hydrogen (secondary N) is 1. The van der Waals surface area contributed by atoms with Crippen LogP contribution in [0.5, 0.6) is 0 Å². The highest BCUT2D eigenvalue weighted by molar-refractivity contribution is 5.74. The van der Waals surface area contributed by atoms with Crippen molar-refractivity contribution in [1.82, 2.24) is 15.1 Å². The molecule has 0 aliphatic carbocycles. The maximum absolute atomic E-state index is 11.2. The molecule has 0 spiro atoms. The summed E-state index contributed by atoms with van der Waals surface area (Å²) in [7, 11) is 2.11. The molecular formula is C11H21N3O2. The van der Waals surface area contributed by atoms with Crippen LogP contribution >= 0.6 is 0 Å². The predicted molar refractivity (Wildman–Crippen MR) is 61.5 cm³/mol. The van der Waals surface area contributed by atoms with Gasteiger partial charge < -0.3 is 15.3 Å². The fourth-order valence-electron chi connectivity index (χ4n) is 2.79. The second-order valence-electron chi connectivity index (χ2n) is 4.97. The van der Waals surface area contributed by atoms with Crippen molar-refractivity contribution in [3.63, 3.8) is 0 Å². The van der Waals surface area contributed by atoms with Crippen molar-refractivity contribution in [1.29, 1.82) is 0 Å². The molecule has 0 radical (unpaired) electrons. The van der Waals surface area contributed by atoms with Crippen LogP contribution in [0.15, 0.2) is 0 Å². The molecule has 3 unspecified atom stereocenters. The van der Waals surface area contributed by atoms with Gasteiger partial charge in [-0.2, -0.15) is 0 Å². The van der Waals surface area contributed by atoms with E-state index in [4.69, 9.17) is 0 Å². The zero-order valence-corrected chi connectivity index (χ0v) is 10.0. The third-order valence-electron chi connectivity index (χ3n) is 3.90. The average molecular weight is 227 g/mol. The van der Waals surface area contributed by atoms with Crippen LogP contribution in [0.3, 0.4) is 0 Å². The van der Waals surface area contributed by atoms with Gasteiger partial charge in [0.25, 0.3) is 0 Å². The Morgan fingerprint density at radius 1 is 1.50 bits per heavy atom. The number of carbonyl (C=O) groups is 1. The van der Waals surface area contributed by atoms with E-state index in [9.17, 15) is 9.90 Å². The van der Waals surface area contributed by atoms with Gasteiger partial charge in [0, 0.05) is 38.3 Å². The van der Waals surface area contributed by atoms with Crippen molar-refractivity contribution in [2.75, 3.05) is 33.2 Å². The van der Waals surface area contributed by atoms with Gasteiger partial charge in [0.05, 0.1) is 0 Å². The van der Waals surface area contributed by atoms with Gasteiger partial charge in [0.1, 0.15) is 6.04 Å². The number of piperazine rings is 1. The molecule has 0 aromatic heterocycles. The van der Waals surface area contributed by atoms with E-state index in [0.29, 0.717) is 18.6 Å². The molecule has 5 nitrogen and oxygen atoms in total. The fraction of sp³-hybridized carbons (Fsp3) is 0.909. The van der Waals surface area contributed by atoms with Crippen molar-refractivity contribution in [3.8, 4) is 0 Å². The van der Waals surface area contributed by atoms with E-state index in [1.165, 1.54) is 0 Å². The maximum atomic E-state index is 11.2. The molecule has 0 aromatic carbocycles. The Kier molecular flexibility index (Phi) is 3.47. The molecule has 2 fully saturated rings. The van der Waals surface area contributed by atoms with E-state index in [-0.39, 0.29) is 6.04 Å². The zero-order chi connectivity index (χ0) is 11.7. The first-order valence-corrected chi connectivity index (χ1v) is 5.99. The summed E-state index contributed by atoms with van der Waals surface area (Å²) in [5.74, 6) is -0.700. The molecule has 2 aliphatic rings. The van der Waals surface area contributed by atoms with Gasteiger partial charge in [-0.15, -0.1) is 0 Å². The lowest BCUT2D eigenvalue weighted by atomic mass is 10.1. The van der Waals surface area contributed by atoms with E-state index in [1.807, 2.05) is 0 Å². The summed E-state index contributed by atoms with van der Waals surface area (Å²) in [6.45, 7) is 5.52. The summed E-state index contributed by atoms with van der Waals surface area (Å²) in [6, 6.07) is 0.620. The number of nitrogens with zero attached hydrogens (tertiary/aromatic N) is 2. The van der Waals surface area contributed by atoms with E-state index in [1.54, 1.807) is 0 Å². The van der Waals surface area contributed by atoms with Gasteiger partial charge in [0.2, 0.25) is 0 Å². The van der Waals surface area contributed by atoms with Crippen molar-refractivity contribution in [3.05, 3.63) is 0 Å². The normalized spacial score (nSPS) is 37.8. The van der Waals surface area contributed by atoms with Crippen molar-refractivity contribution >= 4 is 5.97 Å². The molecule has 2 heterocycles. The lowest BCUT2D eigenvalue weighted by Gasteiger charge is -2.37. The molecule has 2 aliphatic heterocycles. The lowest BCUT2D eigenvalue weighted by Crippen LogP contribution is -2.58. The molecule has 0 amide bonds. The Bertz CT molecular complexity index is 262. The smallest absolute Gasteiger partial charge is 0.322 e. The third kappa shape index (κ3) is 2.21. The van der Waals surface area contributed by atoms with Crippen molar-refractivity contribution in [2.45, 2.75) is 31.5 Å².